The Morgan fingerprint density at radius 3 is 2.64 bits per heavy atom. The lowest BCUT2D eigenvalue weighted by Gasteiger charge is -2.22. The second-order valence-corrected chi connectivity index (χ2v) is 7.14. The predicted octanol–water partition coefficient (Wildman–Crippen LogP) is 4.34. The number of hydrogen-bond donors (Lipinski definition) is 0. The predicted molar refractivity (Wildman–Crippen MR) is 105 cm³/mol. The van der Waals surface area contributed by atoms with Crippen LogP contribution in [0.25, 0.3) is 11.4 Å². The van der Waals surface area contributed by atoms with E-state index in [0.717, 1.165) is 29.7 Å². The number of methoxy groups -OCH3 is 1. The molecule has 4 rings (SSSR count). The Hall–Kier alpha value is -3.15. The van der Waals surface area contributed by atoms with Crippen molar-refractivity contribution >= 4 is 5.91 Å². The molecule has 0 radical (unpaired) electrons. The maximum atomic E-state index is 13.1. The Bertz CT molecular complexity index is 995. The minimum atomic E-state index is -0.186. The Morgan fingerprint density at radius 1 is 1.14 bits per heavy atom. The standard InChI is InChI=1S/C22H23N3O3/c1-14-6-7-17(13-15(14)2)22(26)25-12-4-5-19(25)21-23-20(24-28-21)16-8-10-18(27-3)11-9-16/h6-11,13,19H,4-5,12H2,1-3H3/t19-/m1/s1. The number of amides is 1. The molecule has 6 nitrogen and oxygen atoms in total. The van der Waals surface area contributed by atoms with Crippen molar-refractivity contribution in [2.24, 2.45) is 0 Å². The Labute approximate surface area is 164 Å². The van der Waals surface area contributed by atoms with Crippen LogP contribution in [0.2, 0.25) is 0 Å². The van der Waals surface area contributed by atoms with E-state index in [9.17, 15) is 4.79 Å². The van der Waals surface area contributed by atoms with Gasteiger partial charge in [0.15, 0.2) is 0 Å². The summed E-state index contributed by atoms with van der Waals surface area (Å²) in [7, 11) is 1.63. The van der Waals surface area contributed by atoms with Gasteiger partial charge in [-0.1, -0.05) is 11.2 Å². The first-order chi connectivity index (χ1) is 13.6. The van der Waals surface area contributed by atoms with E-state index >= 15 is 0 Å². The van der Waals surface area contributed by atoms with Gasteiger partial charge in [0.1, 0.15) is 11.8 Å². The number of rotatable bonds is 4. The monoisotopic (exact) mass is 377 g/mol. The van der Waals surface area contributed by atoms with Crippen LogP contribution in [0.15, 0.2) is 47.0 Å². The quantitative estimate of drug-likeness (QED) is 0.676. The van der Waals surface area contributed by atoms with Gasteiger partial charge < -0.3 is 14.2 Å². The number of hydrogen-bond acceptors (Lipinski definition) is 5. The summed E-state index contributed by atoms with van der Waals surface area (Å²) in [5.41, 5.74) is 3.84. The van der Waals surface area contributed by atoms with Crippen molar-refractivity contribution in [1.29, 1.82) is 0 Å². The minimum Gasteiger partial charge on any atom is -0.497 e. The molecule has 0 unspecified atom stereocenters. The maximum absolute atomic E-state index is 13.1. The second kappa shape index (κ2) is 7.46. The van der Waals surface area contributed by atoms with E-state index in [2.05, 4.69) is 10.1 Å². The van der Waals surface area contributed by atoms with Crippen LogP contribution >= 0.6 is 0 Å². The van der Waals surface area contributed by atoms with Crippen molar-refractivity contribution < 1.29 is 14.1 Å². The van der Waals surface area contributed by atoms with Crippen LogP contribution in [0.4, 0.5) is 0 Å². The molecule has 144 valence electrons. The highest BCUT2D eigenvalue weighted by Gasteiger charge is 2.34. The second-order valence-electron chi connectivity index (χ2n) is 7.14. The van der Waals surface area contributed by atoms with Crippen LogP contribution in [0.3, 0.4) is 0 Å². The fraction of sp³-hybridized carbons (Fsp3) is 0.318. The molecule has 1 saturated heterocycles. The largest absolute Gasteiger partial charge is 0.497 e. The number of aromatic nitrogens is 2. The summed E-state index contributed by atoms with van der Waals surface area (Å²) in [5.74, 6) is 1.78. The number of aryl methyl sites for hydroxylation is 2. The zero-order chi connectivity index (χ0) is 19.7. The Balaban J connectivity index is 1.57. The molecule has 0 N–H and O–H groups in total. The summed E-state index contributed by atoms with van der Waals surface area (Å²) in [4.78, 5) is 19.5. The SMILES string of the molecule is COc1ccc(-c2noc([C@H]3CCCN3C(=O)c3ccc(C)c(C)c3)n2)cc1. The van der Waals surface area contributed by atoms with Gasteiger partial charge in [-0.2, -0.15) is 4.98 Å². The van der Waals surface area contributed by atoms with Crippen molar-refractivity contribution in [2.45, 2.75) is 32.7 Å². The van der Waals surface area contributed by atoms with Crippen molar-refractivity contribution in [3.63, 3.8) is 0 Å². The van der Waals surface area contributed by atoms with Crippen molar-refractivity contribution in [3.05, 3.63) is 65.0 Å². The van der Waals surface area contributed by atoms with Gasteiger partial charge in [-0.3, -0.25) is 4.79 Å². The van der Waals surface area contributed by atoms with Crippen molar-refractivity contribution in [1.82, 2.24) is 15.0 Å². The highest BCUT2D eigenvalue weighted by atomic mass is 16.5. The molecule has 1 aliphatic heterocycles. The van der Waals surface area contributed by atoms with Gasteiger partial charge in [0, 0.05) is 17.7 Å². The molecular weight excluding hydrogens is 354 g/mol. The zero-order valence-electron chi connectivity index (χ0n) is 16.3. The lowest BCUT2D eigenvalue weighted by atomic mass is 10.1. The van der Waals surface area contributed by atoms with Crippen LogP contribution in [0, 0.1) is 13.8 Å². The third-order valence-corrected chi connectivity index (χ3v) is 5.34. The first-order valence-electron chi connectivity index (χ1n) is 9.43. The molecule has 2 heterocycles. The van der Waals surface area contributed by atoms with Crippen LogP contribution in [-0.4, -0.2) is 34.6 Å². The number of benzene rings is 2. The molecule has 0 saturated carbocycles. The molecule has 2 aromatic carbocycles. The average Bonchev–Trinajstić information content (AvgIpc) is 3.39. The first kappa shape index (κ1) is 18.2. The van der Waals surface area contributed by atoms with Crippen molar-refractivity contribution in [3.8, 4) is 17.1 Å². The molecule has 6 heteroatoms. The molecule has 1 fully saturated rings. The number of nitrogens with zero attached hydrogens (tertiary/aromatic N) is 3. The van der Waals surface area contributed by atoms with Gasteiger partial charge in [-0.25, -0.2) is 0 Å². The van der Waals surface area contributed by atoms with Gasteiger partial charge in [-0.15, -0.1) is 0 Å². The molecule has 0 spiro atoms. The smallest absolute Gasteiger partial charge is 0.254 e. The van der Waals surface area contributed by atoms with Gasteiger partial charge in [0.2, 0.25) is 11.7 Å². The molecule has 3 aromatic rings. The summed E-state index contributed by atoms with van der Waals surface area (Å²) in [5, 5.41) is 4.11. The van der Waals surface area contributed by atoms with Crippen molar-refractivity contribution in [2.75, 3.05) is 13.7 Å². The Morgan fingerprint density at radius 2 is 1.93 bits per heavy atom. The van der Waals surface area contributed by atoms with Gasteiger partial charge in [-0.05, 0) is 74.2 Å². The molecule has 0 aliphatic carbocycles. The Kier molecular flexibility index (Phi) is 4.86. The van der Waals surface area contributed by atoms with E-state index in [1.807, 2.05) is 61.2 Å². The first-order valence-corrected chi connectivity index (χ1v) is 9.43. The molecule has 0 bridgehead atoms. The van der Waals surface area contributed by atoms with E-state index in [-0.39, 0.29) is 11.9 Å². The van der Waals surface area contributed by atoms with Crippen LogP contribution in [0.5, 0.6) is 5.75 Å². The zero-order valence-corrected chi connectivity index (χ0v) is 16.3. The third kappa shape index (κ3) is 3.38. The molecule has 1 atom stereocenters. The fourth-order valence-corrected chi connectivity index (χ4v) is 3.53. The molecule has 1 aliphatic rings. The van der Waals surface area contributed by atoms with Gasteiger partial charge >= 0.3 is 0 Å². The van der Waals surface area contributed by atoms with E-state index in [1.165, 1.54) is 5.56 Å². The van der Waals surface area contributed by atoms with Gasteiger partial charge in [0.05, 0.1) is 7.11 Å². The van der Waals surface area contributed by atoms with E-state index < -0.39 is 0 Å². The minimum absolute atomic E-state index is 0.00907. The normalized spacial score (nSPS) is 16.4. The van der Waals surface area contributed by atoms with Crippen LogP contribution < -0.4 is 4.74 Å². The summed E-state index contributed by atoms with van der Waals surface area (Å²) in [6, 6.07) is 13.1. The molecule has 1 amide bonds. The van der Waals surface area contributed by atoms with E-state index in [4.69, 9.17) is 9.26 Å². The lowest BCUT2D eigenvalue weighted by Crippen LogP contribution is -2.30. The molecular formula is C22H23N3O3. The average molecular weight is 377 g/mol. The molecule has 1 aromatic heterocycles. The number of likely N-dealkylation sites (tertiary alicyclic amines) is 1. The summed E-state index contributed by atoms with van der Waals surface area (Å²) < 4.78 is 10.7. The third-order valence-electron chi connectivity index (χ3n) is 5.34. The molecule has 28 heavy (non-hydrogen) atoms. The van der Waals surface area contributed by atoms with Gasteiger partial charge in [0.25, 0.3) is 5.91 Å². The van der Waals surface area contributed by atoms with Crippen LogP contribution in [0.1, 0.15) is 46.3 Å². The summed E-state index contributed by atoms with van der Waals surface area (Å²) in [6.45, 7) is 4.75. The topological polar surface area (TPSA) is 68.5 Å². The fourth-order valence-electron chi connectivity index (χ4n) is 3.53. The maximum Gasteiger partial charge on any atom is 0.254 e. The highest BCUT2D eigenvalue weighted by molar-refractivity contribution is 5.95. The number of ether oxygens (including phenoxy) is 1. The summed E-state index contributed by atoms with van der Waals surface area (Å²) in [6.07, 6.45) is 1.74. The summed E-state index contributed by atoms with van der Waals surface area (Å²) >= 11 is 0. The highest BCUT2D eigenvalue weighted by Crippen LogP contribution is 2.33. The lowest BCUT2D eigenvalue weighted by molar-refractivity contribution is 0.0710. The van der Waals surface area contributed by atoms with E-state index in [0.29, 0.717) is 23.8 Å². The van der Waals surface area contributed by atoms with Crippen LogP contribution in [-0.2, 0) is 0 Å². The van der Waals surface area contributed by atoms with E-state index in [1.54, 1.807) is 7.11 Å². The number of carbonyl (C=O) groups is 1. The number of carbonyl (C=O) groups excluding carboxylic acids is 1.